The zero-order chi connectivity index (χ0) is 13.8. The number of hydrogen-bond acceptors (Lipinski definition) is 5. The zero-order valence-electron chi connectivity index (χ0n) is 12.1. The van der Waals surface area contributed by atoms with Gasteiger partial charge in [0.05, 0.1) is 19.3 Å². The van der Waals surface area contributed by atoms with E-state index in [1.165, 1.54) is 0 Å². The molecule has 1 aromatic rings. The summed E-state index contributed by atoms with van der Waals surface area (Å²) in [7, 11) is 0. The van der Waals surface area contributed by atoms with Gasteiger partial charge in [-0.15, -0.1) is 0 Å². The van der Waals surface area contributed by atoms with Gasteiger partial charge in [0.25, 0.3) is 0 Å². The molecule has 20 heavy (non-hydrogen) atoms. The van der Waals surface area contributed by atoms with Crippen molar-refractivity contribution in [2.24, 2.45) is 5.92 Å². The number of hydrogen-bond donors (Lipinski definition) is 0. The average Bonchev–Trinajstić information content (AvgIpc) is 3.00. The van der Waals surface area contributed by atoms with Gasteiger partial charge < -0.3 is 14.4 Å². The first kappa shape index (κ1) is 13.8. The summed E-state index contributed by atoms with van der Waals surface area (Å²) in [6.07, 6.45) is 7.42. The predicted octanol–water partition coefficient (Wildman–Crippen LogP) is 1.81. The Morgan fingerprint density at radius 1 is 1.25 bits per heavy atom. The lowest BCUT2D eigenvalue weighted by Gasteiger charge is -2.32. The highest BCUT2D eigenvalue weighted by molar-refractivity contribution is 5.30. The van der Waals surface area contributed by atoms with E-state index in [0.29, 0.717) is 12.0 Å². The van der Waals surface area contributed by atoms with Crippen LogP contribution in [0.25, 0.3) is 0 Å². The zero-order valence-corrected chi connectivity index (χ0v) is 12.1. The van der Waals surface area contributed by atoms with Gasteiger partial charge in [0.15, 0.2) is 0 Å². The highest BCUT2D eigenvalue weighted by atomic mass is 16.5. The number of ether oxygens (including phenoxy) is 2. The number of anilines is 1. The normalized spacial score (nSPS) is 24.2. The van der Waals surface area contributed by atoms with E-state index in [-0.39, 0.29) is 0 Å². The third-order valence-corrected chi connectivity index (χ3v) is 4.08. The quantitative estimate of drug-likeness (QED) is 0.840. The van der Waals surface area contributed by atoms with E-state index in [9.17, 15) is 0 Å². The maximum Gasteiger partial charge on any atom is 0.225 e. The van der Waals surface area contributed by atoms with Crippen LogP contribution in [0.5, 0.6) is 0 Å². The molecule has 5 nitrogen and oxygen atoms in total. The van der Waals surface area contributed by atoms with Gasteiger partial charge in [-0.05, 0) is 31.7 Å². The lowest BCUT2D eigenvalue weighted by atomic mass is 10.1. The van der Waals surface area contributed by atoms with Crippen LogP contribution in [0.1, 0.15) is 24.8 Å². The average molecular weight is 277 g/mol. The Morgan fingerprint density at radius 2 is 2.00 bits per heavy atom. The number of piperidine rings is 1. The van der Waals surface area contributed by atoms with E-state index < -0.39 is 0 Å². The molecule has 0 aromatic carbocycles. The van der Waals surface area contributed by atoms with Crippen molar-refractivity contribution < 1.29 is 9.47 Å². The van der Waals surface area contributed by atoms with Crippen molar-refractivity contribution in [1.82, 2.24) is 9.97 Å². The molecule has 3 rings (SSSR count). The topological polar surface area (TPSA) is 47.5 Å². The molecule has 0 aliphatic carbocycles. The van der Waals surface area contributed by atoms with E-state index >= 15 is 0 Å². The second-order valence-corrected chi connectivity index (χ2v) is 5.81. The summed E-state index contributed by atoms with van der Waals surface area (Å²) < 4.78 is 11.4. The van der Waals surface area contributed by atoms with Crippen molar-refractivity contribution in [3.63, 3.8) is 0 Å². The van der Waals surface area contributed by atoms with Crippen molar-refractivity contribution in [3.8, 4) is 0 Å². The maximum absolute atomic E-state index is 6.02. The Balaban J connectivity index is 1.43. The van der Waals surface area contributed by atoms with Crippen LogP contribution in [0.2, 0.25) is 0 Å². The molecule has 0 saturated carbocycles. The summed E-state index contributed by atoms with van der Waals surface area (Å²) >= 11 is 0. The third kappa shape index (κ3) is 3.46. The second-order valence-electron chi connectivity index (χ2n) is 5.81. The highest BCUT2D eigenvalue weighted by Crippen LogP contribution is 2.20. The Hall–Kier alpha value is -1.20. The minimum absolute atomic E-state index is 0.386. The molecular weight excluding hydrogens is 254 g/mol. The Kier molecular flexibility index (Phi) is 4.47. The summed E-state index contributed by atoms with van der Waals surface area (Å²) in [5.74, 6) is 1.45. The number of aromatic nitrogens is 2. The first-order chi connectivity index (χ1) is 9.81. The molecule has 0 bridgehead atoms. The van der Waals surface area contributed by atoms with Crippen molar-refractivity contribution in [3.05, 3.63) is 18.0 Å². The van der Waals surface area contributed by atoms with E-state index in [0.717, 1.165) is 63.7 Å². The Labute approximate surface area is 120 Å². The fourth-order valence-corrected chi connectivity index (χ4v) is 2.76. The van der Waals surface area contributed by atoms with Crippen LogP contribution >= 0.6 is 0 Å². The molecule has 0 amide bonds. The van der Waals surface area contributed by atoms with Gasteiger partial charge in [0, 0.05) is 38.0 Å². The molecule has 0 radical (unpaired) electrons. The van der Waals surface area contributed by atoms with Crippen molar-refractivity contribution in [2.45, 2.75) is 32.3 Å². The van der Waals surface area contributed by atoms with Crippen LogP contribution < -0.4 is 4.90 Å². The fraction of sp³-hybridized carbons (Fsp3) is 0.733. The van der Waals surface area contributed by atoms with E-state index in [1.54, 1.807) is 0 Å². The van der Waals surface area contributed by atoms with Crippen LogP contribution in [0.4, 0.5) is 5.95 Å². The van der Waals surface area contributed by atoms with Gasteiger partial charge in [-0.2, -0.15) is 0 Å². The van der Waals surface area contributed by atoms with Gasteiger partial charge in [0.1, 0.15) is 0 Å². The molecule has 2 aliphatic heterocycles. The van der Waals surface area contributed by atoms with Crippen LogP contribution in [0.3, 0.4) is 0 Å². The smallest absolute Gasteiger partial charge is 0.225 e. The van der Waals surface area contributed by atoms with E-state index in [1.807, 2.05) is 19.3 Å². The third-order valence-electron chi connectivity index (χ3n) is 4.08. The minimum atomic E-state index is 0.386. The van der Waals surface area contributed by atoms with Gasteiger partial charge in [-0.25, -0.2) is 9.97 Å². The van der Waals surface area contributed by atoms with E-state index in [2.05, 4.69) is 14.9 Å². The SMILES string of the molecule is Cc1cnc(N2CCC(OCC3CCOC3)CC2)nc1. The van der Waals surface area contributed by atoms with Gasteiger partial charge in [-0.3, -0.25) is 0 Å². The van der Waals surface area contributed by atoms with Crippen molar-refractivity contribution >= 4 is 5.95 Å². The molecular formula is C15H23N3O2. The lowest BCUT2D eigenvalue weighted by molar-refractivity contribution is 0.0130. The molecule has 3 heterocycles. The van der Waals surface area contributed by atoms with Crippen molar-refractivity contribution in [2.75, 3.05) is 37.8 Å². The summed E-state index contributed by atoms with van der Waals surface area (Å²) in [5, 5.41) is 0. The monoisotopic (exact) mass is 277 g/mol. The molecule has 1 atom stereocenters. The molecule has 0 N–H and O–H groups in total. The summed E-state index contributed by atoms with van der Waals surface area (Å²) in [4.78, 5) is 11.0. The van der Waals surface area contributed by atoms with Crippen LogP contribution in [0, 0.1) is 12.8 Å². The molecule has 110 valence electrons. The lowest BCUT2D eigenvalue weighted by Crippen LogP contribution is -2.38. The largest absolute Gasteiger partial charge is 0.381 e. The summed E-state index contributed by atoms with van der Waals surface area (Å²) in [6.45, 7) is 6.60. The molecule has 1 unspecified atom stereocenters. The van der Waals surface area contributed by atoms with Crippen LogP contribution in [-0.2, 0) is 9.47 Å². The van der Waals surface area contributed by atoms with E-state index in [4.69, 9.17) is 9.47 Å². The highest BCUT2D eigenvalue weighted by Gasteiger charge is 2.23. The molecule has 5 heteroatoms. The molecule has 2 aliphatic rings. The van der Waals surface area contributed by atoms with Crippen LogP contribution in [0.15, 0.2) is 12.4 Å². The number of aryl methyl sites for hydroxylation is 1. The summed E-state index contributed by atoms with van der Waals surface area (Å²) in [6, 6.07) is 0. The number of nitrogens with zero attached hydrogens (tertiary/aromatic N) is 3. The maximum atomic E-state index is 6.02. The molecule has 2 fully saturated rings. The molecule has 1 aromatic heterocycles. The van der Waals surface area contributed by atoms with Gasteiger partial charge in [0.2, 0.25) is 5.95 Å². The first-order valence-corrected chi connectivity index (χ1v) is 7.54. The second kappa shape index (κ2) is 6.50. The van der Waals surface area contributed by atoms with Gasteiger partial charge in [-0.1, -0.05) is 0 Å². The first-order valence-electron chi connectivity index (χ1n) is 7.54. The number of rotatable bonds is 4. The predicted molar refractivity (Wildman–Crippen MR) is 76.9 cm³/mol. The molecule has 2 saturated heterocycles. The molecule has 0 spiro atoms. The van der Waals surface area contributed by atoms with Crippen LogP contribution in [-0.4, -0.2) is 49.0 Å². The van der Waals surface area contributed by atoms with Gasteiger partial charge >= 0.3 is 0 Å². The fourth-order valence-electron chi connectivity index (χ4n) is 2.76. The Bertz CT molecular complexity index is 410. The summed E-state index contributed by atoms with van der Waals surface area (Å²) in [5.41, 5.74) is 1.10. The minimum Gasteiger partial charge on any atom is -0.381 e. The standard InChI is InChI=1S/C15H23N3O2/c1-12-8-16-15(17-9-12)18-5-2-14(3-6-18)20-11-13-4-7-19-10-13/h8-9,13-14H,2-7,10-11H2,1H3. The Morgan fingerprint density at radius 3 is 2.65 bits per heavy atom. The van der Waals surface area contributed by atoms with Crippen molar-refractivity contribution in [1.29, 1.82) is 0 Å².